The van der Waals surface area contributed by atoms with Gasteiger partial charge in [-0.1, -0.05) is 0 Å². The fourth-order valence-corrected chi connectivity index (χ4v) is 3.06. The first-order valence-electron chi connectivity index (χ1n) is 4.07. The van der Waals surface area contributed by atoms with Gasteiger partial charge in [0, 0.05) is 20.6 Å². The zero-order chi connectivity index (χ0) is 10.9. The fraction of sp³-hybridized carbons (Fsp3) is 0.556. The highest BCUT2D eigenvalue weighted by Gasteiger charge is 2.27. The van der Waals surface area contributed by atoms with Gasteiger partial charge in [0.2, 0.25) is 5.92 Å². The van der Waals surface area contributed by atoms with E-state index in [-0.39, 0.29) is 6.42 Å². The Morgan fingerprint density at radius 1 is 1.64 bits per heavy atom. The van der Waals surface area contributed by atoms with Crippen LogP contribution in [0.4, 0.5) is 8.78 Å². The molecule has 1 unspecified atom stereocenters. The molecule has 0 nitrogen and oxygen atoms in total. The quantitative estimate of drug-likeness (QED) is 0.678. The molecule has 0 saturated carbocycles. The Morgan fingerprint density at radius 2 is 2.21 bits per heavy atom. The monoisotopic (exact) mass is 302 g/mol. The summed E-state index contributed by atoms with van der Waals surface area (Å²) in [4.78, 5) is 1.85. The maximum Gasteiger partial charge on any atom is 0.247 e. The number of thiophene rings is 1. The van der Waals surface area contributed by atoms with E-state index in [9.17, 15) is 8.78 Å². The van der Waals surface area contributed by atoms with E-state index in [0.29, 0.717) is 0 Å². The van der Waals surface area contributed by atoms with Crippen LogP contribution in [0.2, 0.25) is 0 Å². The van der Waals surface area contributed by atoms with Crippen molar-refractivity contribution in [2.24, 2.45) is 0 Å². The first-order chi connectivity index (χ1) is 6.29. The number of hydrogen-bond acceptors (Lipinski definition) is 1. The smallest absolute Gasteiger partial charge is 0.207 e. The summed E-state index contributed by atoms with van der Waals surface area (Å²) in [6.45, 7) is 2.81. The van der Waals surface area contributed by atoms with E-state index in [1.54, 1.807) is 0 Å². The normalized spacial score (nSPS) is 14.4. The highest BCUT2D eigenvalue weighted by atomic mass is 79.9. The average Bonchev–Trinajstić information content (AvgIpc) is 2.28. The van der Waals surface area contributed by atoms with E-state index in [0.717, 1.165) is 21.2 Å². The lowest BCUT2D eigenvalue weighted by Gasteiger charge is -2.13. The van der Waals surface area contributed by atoms with Crippen LogP contribution in [0.25, 0.3) is 0 Å². The Balaban J connectivity index is 2.75. The first-order valence-corrected chi connectivity index (χ1v) is 6.12. The van der Waals surface area contributed by atoms with Crippen LogP contribution in [0.5, 0.6) is 0 Å². The largest absolute Gasteiger partial charge is 0.247 e. The zero-order valence-electron chi connectivity index (χ0n) is 7.78. The van der Waals surface area contributed by atoms with Crippen LogP contribution in [0, 0.1) is 6.92 Å². The van der Waals surface area contributed by atoms with Crippen LogP contribution in [0.15, 0.2) is 10.5 Å². The number of rotatable bonds is 3. The van der Waals surface area contributed by atoms with E-state index in [2.05, 4.69) is 15.9 Å². The number of hydrogen-bond donors (Lipinski definition) is 0. The highest BCUT2D eigenvalue weighted by molar-refractivity contribution is 9.10. The highest BCUT2D eigenvalue weighted by Crippen LogP contribution is 2.38. The van der Waals surface area contributed by atoms with Crippen molar-refractivity contribution in [1.82, 2.24) is 0 Å². The van der Waals surface area contributed by atoms with Crippen LogP contribution in [0.1, 0.15) is 28.5 Å². The predicted octanol–water partition coefficient (Wildman–Crippen LogP) is 5.14. The summed E-state index contributed by atoms with van der Waals surface area (Å²) in [5.74, 6) is -2.71. The minimum atomic E-state index is -2.71. The van der Waals surface area contributed by atoms with Crippen LogP contribution < -0.4 is 0 Å². The lowest BCUT2D eigenvalue weighted by Crippen LogP contribution is -2.11. The average molecular weight is 304 g/mol. The van der Waals surface area contributed by atoms with Gasteiger partial charge in [0.1, 0.15) is 0 Å². The number of halogens is 4. The van der Waals surface area contributed by atoms with Crippen molar-refractivity contribution in [2.75, 3.05) is 0 Å². The molecule has 0 radical (unpaired) electrons. The lowest BCUT2D eigenvalue weighted by atomic mass is 10.2. The molecule has 0 aliphatic heterocycles. The van der Waals surface area contributed by atoms with Gasteiger partial charge in [0.05, 0.1) is 5.38 Å². The Kier molecular flexibility index (Phi) is 3.95. The van der Waals surface area contributed by atoms with Gasteiger partial charge in [-0.25, -0.2) is 8.78 Å². The molecule has 1 rings (SSSR count). The van der Waals surface area contributed by atoms with E-state index >= 15 is 0 Å². The molecule has 80 valence electrons. The van der Waals surface area contributed by atoms with Gasteiger partial charge in [0.15, 0.2) is 0 Å². The number of aryl methyl sites for hydroxylation is 1. The topological polar surface area (TPSA) is 0 Å². The van der Waals surface area contributed by atoms with Crippen molar-refractivity contribution in [1.29, 1.82) is 0 Å². The molecule has 0 aliphatic rings. The maximum absolute atomic E-state index is 12.7. The molecule has 1 heterocycles. The molecule has 14 heavy (non-hydrogen) atoms. The van der Waals surface area contributed by atoms with Crippen molar-refractivity contribution >= 4 is 38.9 Å². The second-order valence-electron chi connectivity index (χ2n) is 3.29. The zero-order valence-corrected chi connectivity index (χ0v) is 10.9. The third-order valence-electron chi connectivity index (χ3n) is 1.72. The Morgan fingerprint density at radius 3 is 2.57 bits per heavy atom. The summed E-state index contributed by atoms with van der Waals surface area (Å²) >= 11 is 10.7. The van der Waals surface area contributed by atoms with Crippen LogP contribution in [-0.2, 0) is 0 Å². The third kappa shape index (κ3) is 3.48. The molecule has 0 saturated heterocycles. The molecule has 0 aliphatic carbocycles. The first kappa shape index (κ1) is 12.4. The number of alkyl halides is 3. The van der Waals surface area contributed by atoms with E-state index in [1.807, 2.05) is 13.0 Å². The molecular formula is C9H10BrClF2S. The van der Waals surface area contributed by atoms with Gasteiger partial charge in [-0.15, -0.1) is 22.9 Å². The van der Waals surface area contributed by atoms with Crippen molar-refractivity contribution in [3.05, 3.63) is 20.3 Å². The van der Waals surface area contributed by atoms with Crippen LogP contribution in [-0.4, -0.2) is 5.92 Å². The van der Waals surface area contributed by atoms with Crippen LogP contribution in [0.3, 0.4) is 0 Å². The van der Waals surface area contributed by atoms with Gasteiger partial charge in [0.25, 0.3) is 0 Å². The summed E-state index contributed by atoms with van der Waals surface area (Å²) in [5, 5.41) is -0.606. The van der Waals surface area contributed by atoms with Crippen molar-refractivity contribution in [3.8, 4) is 0 Å². The molecule has 5 heteroatoms. The summed E-state index contributed by atoms with van der Waals surface area (Å²) in [6.07, 6.45) is -0.319. The summed E-state index contributed by atoms with van der Waals surface area (Å²) in [7, 11) is 0. The Bertz CT molecular complexity index is 300. The van der Waals surface area contributed by atoms with E-state index in [4.69, 9.17) is 11.6 Å². The fourth-order valence-electron chi connectivity index (χ4n) is 1.05. The van der Waals surface area contributed by atoms with Crippen LogP contribution >= 0.6 is 38.9 Å². The van der Waals surface area contributed by atoms with Crippen molar-refractivity contribution in [3.63, 3.8) is 0 Å². The molecule has 0 spiro atoms. The van der Waals surface area contributed by atoms with Crippen molar-refractivity contribution in [2.45, 2.75) is 31.6 Å². The maximum atomic E-state index is 12.7. The predicted molar refractivity (Wildman–Crippen MR) is 60.6 cm³/mol. The van der Waals surface area contributed by atoms with Gasteiger partial charge in [-0.3, -0.25) is 0 Å². The van der Waals surface area contributed by atoms with Gasteiger partial charge >= 0.3 is 0 Å². The molecule has 0 fully saturated rings. The minimum absolute atomic E-state index is 0.319. The minimum Gasteiger partial charge on any atom is -0.207 e. The van der Waals surface area contributed by atoms with Gasteiger partial charge in [-0.05, 0) is 35.8 Å². The summed E-state index contributed by atoms with van der Waals surface area (Å²) < 4.78 is 26.3. The van der Waals surface area contributed by atoms with Crippen molar-refractivity contribution < 1.29 is 8.78 Å². The molecule has 0 amide bonds. The second kappa shape index (κ2) is 4.45. The lowest BCUT2D eigenvalue weighted by molar-refractivity contribution is 0.0122. The SMILES string of the molecule is Cc1sc(C(Cl)CC(C)(F)F)cc1Br. The van der Waals surface area contributed by atoms with E-state index < -0.39 is 11.3 Å². The summed E-state index contributed by atoms with van der Waals surface area (Å²) in [5.41, 5.74) is 0. The summed E-state index contributed by atoms with van der Waals surface area (Å²) in [6, 6.07) is 1.81. The van der Waals surface area contributed by atoms with Gasteiger partial charge < -0.3 is 0 Å². The molecule has 0 aromatic carbocycles. The second-order valence-corrected chi connectivity index (χ2v) is 5.96. The molecule has 1 atom stereocenters. The Labute approximate surface area is 99.4 Å². The third-order valence-corrected chi connectivity index (χ3v) is 4.49. The van der Waals surface area contributed by atoms with Gasteiger partial charge in [-0.2, -0.15) is 0 Å². The molecule has 1 aromatic heterocycles. The standard InChI is InChI=1S/C9H10BrClF2S/c1-5-6(10)3-8(14-5)7(11)4-9(2,12)13/h3,7H,4H2,1-2H3. The molecule has 1 aromatic rings. The molecule has 0 N–H and O–H groups in total. The Hall–Kier alpha value is 0.330. The van der Waals surface area contributed by atoms with E-state index in [1.165, 1.54) is 11.3 Å². The molecule has 0 bridgehead atoms. The molecular weight excluding hydrogens is 294 g/mol.